The molecule has 2 rings (SSSR count). The van der Waals surface area contributed by atoms with Gasteiger partial charge in [-0.15, -0.1) is 0 Å². The van der Waals surface area contributed by atoms with Gasteiger partial charge in [0.2, 0.25) is 0 Å². The van der Waals surface area contributed by atoms with Crippen LogP contribution >= 0.6 is 0 Å². The van der Waals surface area contributed by atoms with Gasteiger partial charge in [0, 0.05) is 0 Å². The molecule has 2 atom stereocenters. The first-order chi connectivity index (χ1) is 9.10. The van der Waals surface area contributed by atoms with Crippen LogP contribution in [0.1, 0.15) is 38.7 Å². The molecule has 1 aliphatic rings. The molecular weight excluding hydrogens is 240 g/mol. The van der Waals surface area contributed by atoms with Crippen molar-refractivity contribution in [2.75, 3.05) is 6.61 Å². The summed E-state index contributed by atoms with van der Waals surface area (Å²) in [5, 5.41) is 9.90. The second kappa shape index (κ2) is 5.74. The third kappa shape index (κ3) is 2.66. The van der Waals surface area contributed by atoms with Gasteiger partial charge < -0.3 is 9.84 Å². The second-order valence-corrected chi connectivity index (χ2v) is 5.65. The van der Waals surface area contributed by atoms with Crippen LogP contribution < -0.4 is 0 Å². The fourth-order valence-corrected chi connectivity index (χ4v) is 2.86. The highest BCUT2D eigenvalue weighted by molar-refractivity contribution is 5.72. The summed E-state index contributed by atoms with van der Waals surface area (Å²) in [5.41, 5.74) is 0.641. The number of esters is 1. The summed E-state index contributed by atoms with van der Waals surface area (Å²) >= 11 is 0. The lowest BCUT2D eigenvalue weighted by Gasteiger charge is -2.34. The van der Waals surface area contributed by atoms with E-state index in [9.17, 15) is 9.90 Å². The number of hydrogen-bond donors (Lipinski definition) is 1. The van der Waals surface area contributed by atoms with Crippen molar-refractivity contribution < 1.29 is 14.6 Å². The smallest absolute Gasteiger partial charge is 0.308 e. The van der Waals surface area contributed by atoms with Gasteiger partial charge in [0.25, 0.3) is 0 Å². The average molecular weight is 262 g/mol. The Balaban J connectivity index is 2.26. The first-order valence-electron chi connectivity index (χ1n) is 6.97. The fraction of sp³-hybridized carbons (Fsp3) is 0.562. The number of aliphatic hydroxyl groups excluding tert-OH is 1. The van der Waals surface area contributed by atoms with Gasteiger partial charge in [-0.25, -0.2) is 0 Å². The van der Waals surface area contributed by atoms with Crippen LogP contribution in [0.25, 0.3) is 0 Å². The van der Waals surface area contributed by atoms with E-state index < -0.39 is 5.41 Å². The number of benzene rings is 1. The molecule has 19 heavy (non-hydrogen) atoms. The molecule has 3 nitrogen and oxygen atoms in total. The first-order valence-corrected chi connectivity index (χ1v) is 6.97. The zero-order chi connectivity index (χ0) is 13.9. The normalized spacial score (nSPS) is 26.6. The van der Waals surface area contributed by atoms with Gasteiger partial charge in [0.15, 0.2) is 0 Å². The molecule has 1 fully saturated rings. The molecular formula is C16H22O3. The summed E-state index contributed by atoms with van der Waals surface area (Å²) in [5.74, 6) is -0.312. The van der Waals surface area contributed by atoms with Crippen LogP contribution in [0.4, 0.5) is 0 Å². The maximum Gasteiger partial charge on any atom is 0.308 e. The SMILES string of the molecule is CC(C)C(=O)O[C@@H]1CCC[C@@]1(CO)c1ccccc1. The quantitative estimate of drug-likeness (QED) is 0.849. The Morgan fingerprint density at radius 2 is 2.11 bits per heavy atom. The van der Waals surface area contributed by atoms with E-state index in [0.29, 0.717) is 0 Å². The number of aliphatic hydroxyl groups is 1. The molecule has 104 valence electrons. The lowest BCUT2D eigenvalue weighted by Crippen LogP contribution is -2.41. The molecule has 1 N–H and O–H groups in total. The van der Waals surface area contributed by atoms with Crippen LogP contribution in [0.5, 0.6) is 0 Å². The van der Waals surface area contributed by atoms with Gasteiger partial charge in [-0.05, 0) is 24.8 Å². The fourth-order valence-electron chi connectivity index (χ4n) is 2.86. The summed E-state index contributed by atoms with van der Waals surface area (Å²) in [6, 6.07) is 9.91. The van der Waals surface area contributed by atoms with E-state index in [2.05, 4.69) is 0 Å². The van der Waals surface area contributed by atoms with Crippen molar-refractivity contribution in [3.8, 4) is 0 Å². The standard InChI is InChI=1S/C16H22O3/c1-12(2)15(18)19-14-9-6-10-16(14,11-17)13-7-4-3-5-8-13/h3-5,7-8,12,14,17H,6,9-11H2,1-2H3/t14-,16-/m1/s1. The summed E-state index contributed by atoms with van der Waals surface area (Å²) in [6.07, 6.45) is 2.46. The molecule has 0 unspecified atom stereocenters. The van der Waals surface area contributed by atoms with Gasteiger partial charge in [-0.1, -0.05) is 44.2 Å². The minimum atomic E-state index is -0.425. The second-order valence-electron chi connectivity index (χ2n) is 5.65. The highest BCUT2D eigenvalue weighted by atomic mass is 16.5. The van der Waals surface area contributed by atoms with E-state index in [-0.39, 0.29) is 24.6 Å². The van der Waals surface area contributed by atoms with Crippen LogP contribution in [-0.2, 0) is 14.9 Å². The number of rotatable bonds is 4. The zero-order valence-corrected chi connectivity index (χ0v) is 11.6. The molecule has 1 aliphatic carbocycles. The number of hydrogen-bond acceptors (Lipinski definition) is 3. The van der Waals surface area contributed by atoms with E-state index in [4.69, 9.17) is 4.74 Å². The molecule has 3 heteroatoms. The van der Waals surface area contributed by atoms with Crippen LogP contribution in [0.15, 0.2) is 30.3 Å². The molecule has 1 aromatic carbocycles. The minimum Gasteiger partial charge on any atom is -0.461 e. The van der Waals surface area contributed by atoms with Gasteiger partial charge in [-0.3, -0.25) is 4.79 Å². The Hall–Kier alpha value is -1.35. The van der Waals surface area contributed by atoms with E-state index >= 15 is 0 Å². The zero-order valence-electron chi connectivity index (χ0n) is 11.6. The Morgan fingerprint density at radius 3 is 2.68 bits per heavy atom. The summed E-state index contributed by atoms with van der Waals surface area (Å²) in [4.78, 5) is 11.8. The summed E-state index contributed by atoms with van der Waals surface area (Å²) < 4.78 is 5.64. The van der Waals surface area contributed by atoms with Crippen molar-refractivity contribution in [1.82, 2.24) is 0 Å². The van der Waals surface area contributed by atoms with Crippen LogP contribution in [0.3, 0.4) is 0 Å². The third-order valence-electron chi connectivity index (χ3n) is 4.07. The van der Waals surface area contributed by atoms with Crippen molar-refractivity contribution >= 4 is 5.97 Å². The molecule has 0 saturated heterocycles. The van der Waals surface area contributed by atoms with Crippen LogP contribution in [0.2, 0.25) is 0 Å². The Bertz CT molecular complexity index is 427. The lowest BCUT2D eigenvalue weighted by atomic mass is 9.78. The van der Waals surface area contributed by atoms with E-state index in [1.807, 2.05) is 44.2 Å². The molecule has 0 heterocycles. The minimum absolute atomic E-state index is 0.0209. The highest BCUT2D eigenvalue weighted by Crippen LogP contribution is 2.42. The number of ether oxygens (including phenoxy) is 1. The van der Waals surface area contributed by atoms with Crippen molar-refractivity contribution in [2.45, 2.75) is 44.6 Å². The van der Waals surface area contributed by atoms with E-state index in [1.165, 1.54) is 0 Å². The first kappa shape index (κ1) is 14.1. The van der Waals surface area contributed by atoms with E-state index in [0.717, 1.165) is 24.8 Å². The maximum absolute atomic E-state index is 11.8. The number of carbonyl (C=O) groups is 1. The van der Waals surface area contributed by atoms with Crippen molar-refractivity contribution in [1.29, 1.82) is 0 Å². The summed E-state index contributed by atoms with van der Waals surface area (Å²) in [6.45, 7) is 3.69. The van der Waals surface area contributed by atoms with Gasteiger partial charge in [0.1, 0.15) is 6.10 Å². The third-order valence-corrected chi connectivity index (χ3v) is 4.07. The molecule has 0 aliphatic heterocycles. The molecule has 0 spiro atoms. The van der Waals surface area contributed by atoms with Crippen molar-refractivity contribution in [3.05, 3.63) is 35.9 Å². The monoisotopic (exact) mass is 262 g/mol. The molecule has 0 radical (unpaired) electrons. The van der Waals surface area contributed by atoms with Gasteiger partial charge >= 0.3 is 5.97 Å². The van der Waals surface area contributed by atoms with Gasteiger partial charge in [-0.2, -0.15) is 0 Å². The predicted octanol–water partition coefficient (Wildman–Crippen LogP) is 2.67. The Morgan fingerprint density at radius 1 is 1.42 bits per heavy atom. The largest absolute Gasteiger partial charge is 0.461 e. The Kier molecular flexibility index (Phi) is 4.25. The highest BCUT2D eigenvalue weighted by Gasteiger charge is 2.46. The average Bonchev–Trinajstić information content (AvgIpc) is 2.83. The predicted molar refractivity (Wildman–Crippen MR) is 73.8 cm³/mol. The Labute approximate surface area is 114 Å². The van der Waals surface area contributed by atoms with E-state index in [1.54, 1.807) is 0 Å². The topological polar surface area (TPSA) is 46.5 Å². The lowest BCUT2D eigenvalue weighted by molar-refractivity contribution is -0.156. The molecule has 0 aromatic heterocycles. The molecule has 1 saturated carbocycles. The van der Waals surface area contributed by atoms with Crippen molar-refractivity contribution in [3.63, 3.8) is 0 Å². The van der Waals surface area contributed by atoms with Crippen molar-refractivity contribution in [2.24, 2.45) is 5.92 Å². The molecule has 0 amide bonds. The van der Waals surface area contributed by atoms with Crippen LogP contribution in [0, 0.1) is 5.92 Å². The summed E-state index contributed by atoms with van der Waals surface area (Å²) in [7, 11) is 0. The number of carbonyl (C=O) groups excluding carboxylic acids is 1. The molecule has 1 aromatic rings. The van der Waals surface area contributed by atoms with Crippen LogP contribution in [-0.4, -0.2) is 23.8 Å². The molecule has 0 bridgehead atoms. The van der Waals surface area contributed by atoms with Gasteiger partial charge in [0.05, 0.1) is 17.9 Å². The maximum atomic E-state index is 11.8.